The van der Waals surface area contributed by atoms with Gasteiger partial charge in [0, 0.05) is 12.6 Å². The molecule has 0 unspecified atom stereocenters. The molecule has 1 aliphatic carbocycles. The lowest BCUT2D eigenvalue weighted by Crippen LogP contribution is -2.41. The Morgan fingerprint density at radius 2 is 2.21 bits per heavy atom. The van der Waals surface area contributed by atoms with Crippen molar-refractivity contribution in [2.75, 3.05) is 7.11 Å². The minimum Gasteiger partial charge on any atom is -0.497 e. The van der Waals surface area contributed by atoms with Gasteiger partial charge in [0.2, 0.25) is 0 Å². The standard InChI is InChI=1S/C15H21NO3/c1-19-12-6-4-5-11(9-12)10-16-14-8-3-2-7-13(14)15(17)18/h4-6,9,13-14,16H,2-3,7-8,10H2,1H3,(H,17,18)/t13-,14-/m1/s1. The Labute approximate surface area is 113 Å². The van der Waals surface area contributed by atoms with Crippen LogP contribution in [0, 0.1) is 5.92 Å². The van der Waals surface area contributed by atoms with Crippen molar-refractivity contribution in [1.82, 2.24) is 5.32 Å². The van der Waals surface area contributed by atoms with Crippen LogP contribution < -0.4 is 10.1 Å². The van der Waals surface area contributed by atoms with Gasteiger partial charge in [-0.2, -0.15) is 0 Å². The van der Waals surface area contributed by atoms with E-state index in [1.165, 1.54) is 0 Å². The molecule has 4 heteroatoms. The Morgan fingerprint density at radius 3 is 2.95 bits per heavy atom. The molecule has 2 atom stereocenters. The molecule has 0 saturated heterocycles. The van der Waals surface area contributed by atoms with Crippen LogP contribution in [0.1, 0.15) is 31.2 Å². The molecule has 4 nitrogen and oxygen atoms in total. The van der Waals surface area contributed by atoms with Gasteiger partial charge in [-0.1, -0.05) is 25.0 Å². The summed E-state index contributed by atoms with van der Waals surface area (Å²) in [6.07, 6.45) is 3.86. The lowest BCUT2D eigenvalue weighted by atomic mass is 9.84. The van der Waals surface area contributed by atoms with E-state index in [1.54, 1.807) is 7.11 Å². The second kappa shape index (κ2) is 6.57. The van der Waals surface area contributed by atoms with E-state index in [2.05, 4.69) is 5.32 Å². The number of benzene rings is 1. The Morgan fingerprint density at radius 1 is 1.42 bits per heavy atom. The molecular formula is C15H21NO3. The highest BCUT2D eigenvalue weighted by Crippen LogP contribution is 2.25. The zero-order chi connectivity index (χ0) is 13.7. The number of ether oxygens (including phenoxy) is 1. The molecule has 0 amide bonds. The quantitative estimate of drug-likeness (QED) is 0.856. The van der Waals surface area contributed by atoms with Crippen LogP contribution in [0.5, 0.6) is 5.75 Å². The Balaban J connectivity index is 1.94. The Kier molecular flexibility index (Phi) is 4.80. The fourth-order valence-corrected chi connectivity index (χ4v) is 2.70. The first-order valence-corrected chi connectivity index (χ1v) is 6.80. The van der Waals surface area contributed by atoms with Gasteiger partial charge in [0.1, 0.15) is 5.75 Å². The van der Waals surface area contributed by atoms with Gasteiger partial charge >= 0.3 is 5.97 Å². The van der Waals surface area contributed by atoms with E-state index in [9.17, 15) is 9.90 Å². The molecule has 0 heterocycles. The van der Waals surface area contributed by atoms with Crippen molar-refractivity contribution in [3.8, 4) is 5.75 Å². The van der Waals surface area contributed by atoms with Crippen molar-refractivity contribution >= 4 is 5.97 Å². The van der Waals surface area contributed by atoms with Gasteiger partial charge in [-0.3, -0.25) is 4.79 Å². The second-order valence-electron chi connectivity index (χ2n) is 5.07. The maximum absolute atomic E-state index is 11.2. The van der Waals surface area contributed by atoms with E-state index in [-0.39, 0.29) is 12.0 Å². The molecule has 0 spiro atoms. The molecule has 104 valence electrons. The smallest absolute Gasteiger partial charge is 0.308 e. The van der Waals surface area contributed by atoms with E-state index in [0.29, 0.717) is 6.54 Å². The minimum atomic E-state index is -0.678. The minimum absolute atomic E-state index is 0.0810. The van der Waals surface area contributed by atoms with Crippen LogP contribution in [0.4, 0.5) is 0 Å². The monoisotopic (exact) mass is 263 g/mol. The fourth-order valence-electron chi connectivity index (χ4n) is 2.70. The molecule has 1 fully saturated rings. The van der Waals surface area contributed by atoms with Crippen LogP contribution in [0.15, 0.2) is 24.3 Å². The van der Waals surface area contributed by atoms with Gasteiger partial charge in [-0.05, 0) is 30.5 Å². The third kappa shape index (κ3) is 3.70. The van der Waals surface area contributed by atoms with Crippen molar-refractivity contribution in [3.05, 3.63) is 29.8 Å². The number of rotatable bonds is 5. The van der Waals surface area contributed by atoms with Gasteiger partial charge in [-0.15, -0.1) is 0 Å². The Bertz CT molecular complexity index is 433. The maximum atomic E-state index is 11.2. The molecular weight excluding hydrogens is 242 g/mol. The van der Waals surface area contributed by atoms with Crippen molar-refractivity contribution in [3.63, 3.8) is 0 Å². The Hall–Kier alpha value is -1.55. The number of carboxylic acid groups (broad SMARTS) is 1. The zero-order valence-electron chi connectivity index (χ0n) is 11.3. The number of nitrogens with one attached hydrogen (secondary N) is 1. The molecule has 1 aromatic rings. The molecule has 0 aromatic heterocycles. The van der Waals surface area contributed by atoms with Crippen molar-refractivity contribution in [2.24, 2.45) is 5.92 Å². The number of hydrogen-bond acceptors (Lipinski definition) is 3. The summed E-state index contributed by atoms with van der Waals surface area (Å²) in [6.45, 7) is 0.686. The maximum Gasteiger partial charge on any atom is 0.308 e. The van der Waals surface area contributed by atoms with Crippen LogP contribution in [0.2, 0.25) is 0 Å². The van der Waals surface area contributed by atoms with E-state index in [0.717, 1.165) is 37.0 Å². The zero-order valence-corrected chi connectivity index (χ0v) is 11.3. The highest BCUT2D eigenvalue weighted by Gasteiger charge is 2.30. The first-order chi connectivity index (χ1) is 9.20. The van der Waals surface area contributed by atoms with E-state index < -0.39 is 5.97 Å². The normalized spacial score (nSPS) is 23.0. The topological polar surface area (TPSA) is 58.6 Å². The summed E-state index contributed by atoms with van der Waals surface area (Å²) < 4.78 is 5.18. The second-order valence-corrected chi connectivity index (χ2v) is 5.07. The van der Waals surface area contributed by atoms with Crippen LogP contribution in [-0.2, 0) is 11.3 Å². The number of carbonyl (C=O) groups is 1. The molecule has 0 aliphatic heterocycles. The van der Waals surface area contributed by atoms with Crippen LogP contribution >= 0.6 is 0 Å². The summed E-state index contributed by atoms with van der Waals surface area (Å²) in [7, 11) is 1.65. The number of methoxy groups -OCH3 is 1. The first kappa shape index (κ1) is 13.9. The summed E-state index contributed by atoms with van der Waals surface area (Å²) in [6, 6.07) is 7.94. The van der Waals surface area contributed by atoms with Gasteiger partial charge in [0.15, 0.2) is 0 Å². The summed E-state index contributed by atoms with van der Waals surface area (Å²) in [5.74, 6) is -0.0973. The van der Waals surface area contributed by atoms with Crippen LogP contribution in [0.3, 0.4) is 0 Å². The summed E-state index contributed by atoms with van der Waals surface area (Å²) in [4.78, 5) is 11.2. The fraction of sp³-hybridized carbons (Fsp3) is 0.533. The SMILES string of the molecule is COc1cccc(CN[C@@H]2CCCC[C@H]2C(=O)O)c1. The summed E-state index contributed by atoms with van der Waals surface area (Å²) in [5, 5.41) is 12.6. The van der Waals surface area contributed by atoms with Gasteiger partial charge in [0.25, 0.3) is 0 Å². The molecule has 2 rings (SSSR count). The number of aliphatic carboxylic acids is 1. The van der Waals surface area contributed by atoms with Crippen LogP contribution in [0.25, 0.3) is 0 Å². The lowest BCUT2D eigenvalue weighted by Gasteiger charge is -2.29. The molecule has 1 saturated carbocycles. The number of carboxylic acids is 1. The molecule has 0 radical (unpaired) electrons. The van der Waals surface area contributed by atoms with E-state index in [1.807, 2.05) is 24.3 Å². The van der Waals surface area contributed by atoms with Crippen molar-refractivity contribution in [1.29, 1.82) is 0 Å². The predicted molar refractivity (Wildman–Crippen MR) is 73.2 cm³/mol. The van der Waals surface area contributed by atoms with Gasteiger partial charge in [0.05, 0.1) is 13.0 Å². The molecule has 1 aromatic carbocycles. The molecule has 19 heavy (non-hydrogen) atoms. The molecule has 0 bridgehead atoms. The van der Waals surface area contributed by atoms with Crippen molar-refractivity contribution < 1.29 is 14.6 Å². The van der Waals surface area contributed by atoms with Crippen LogP contribution in [-0.4, -0.2) is 24.2 Å². The van der Waals surface area contributed by atoms with Gasteiger partial charge < -0.3 is 15.2 Å². The van der Waals surface area contributed by atoms with Crippen molar-refractivity contribution in [2.45, 2.75) is 38.3 Å². The first-order valence-electron chi connectivity index (χ1n) is 6.80. The lowest BCUT2D eigenvalue weighted by molar-refractivity contribution is -0.143. The van der Waals surface area contributed by atoms with Gasteiger partial charge in [-0.25, -0.2) is 0 Å². The average molecular weight is 263 g/mol. The number of hydrogen-bond donors (Lipinski definition) is 2. The third-order valence-electron chi connectivity index (χ3n) is 3.79. The highest BCUT2D eigenvalue weighted by atomic mass is 16.5. The molecule has 2 N–H and O–H groups in total. The predicted octanol–water partition coefficient (Wildman–Crippen LogP) is 2.43. The third-order valence-corrected chi connectivity index (χ3v) is 3.79. The summed E-state index contributed by atoms with van der Waals surface area (Å²) >= 11 is 0. The van der Waals surface area contributed by atoms with E-state index in [4.69, 9.17) is 4.74 Å². The largest absolute Gasteiger partial charge is 0.497 e. The average Bonchev–Trinajstić information content (AvgIpc) is 2.45. The summed E-state index contributed by atoms with van der Waals surface area (Å²) in [5.41, 5.74) is 1.12. The highest BCUT2D eigenvalue weighted by molar-refractivity contribution is 5.71. The van der Waals surface area contributed by atoms with E-state index >= 15 is 0 Å². The molecule has 1 aliphatic rings.